The van der Waals surface area contributed by atoms with E-state index in [2.05, 4.69) is 32.6 Å². The molecule has 0 fully saturated rings. The van der Waals surface area contributed by atoms with Gasteiger partial charge in [0.25, 0.3) is 10.0 Å². The summed E-state index contributed by atoms with van der Waals surface area (Å²) < 4.78 is 28.2. The number of anilines is 1. The molecule has 6 heteroatoms. The Balaban J connectivity index is 2.18. The highest BCUT2D eigenvalue weighted by Gasteiger charge is 2.15. The van der Waals surface area contributed by atoms with Crippen LogP contribution in [0.2, 0.25) is 0 Å². The first-order valence-electron chi connectivity index (χ1n) is 6.54. The standard InChI is InChI=1S/C15H17IN2O2S/c1-17-11-10-12-6-8-13(9-7-12)21(19,20)18-15-5-3-2-4-14(15)16/h2-9,17-18H,10-11H2,1H3. The summed E-state index contributed by atoms with van der Waals surface area (Å²) in [4.78, 5) is 0.273. The lowest BCUT2D eigenvalue weighted by atomic mass is 10.1. The van der Waals surface area contributed by atoms with Gasteiger partial charge in [-0.15, -0.1) is 0 Å². The van der Waals surface area contributed by atoms with E-state index in [1.807, 2.05) is 31.3 Å². The van der Waals surface area contributed by atoms with Crippen molar-refractivity contribution in [1.29, 1.82) is 0 Å². The van der Waals surface area contributed by atoms with Gasteiger partial charge in [0.2, 0.25) is 0 Å². The van der Waals surface area contributed by atoms with Crippen LogP contribution >= 0.6 is 22.6 Å². The Morgan fingerprint density at radius 2 is 1.71 bits per heavy atom. The fourth-order valence-corrected chi connectivity index (χ4v) is 3.64. The smallest absolute Gasteiger partial charge is 0.261 e. The predicted molar refractivity (Wildman–Crippen MR) is 94.0 cm³/mol. The zero-order chi connectivity index (χ0) is 15.3. The molecule has 0 saturated carbocycles. The van der Waals surface area contributed by atoms with E-state index in [9.17, 15) is 8.42 Å². The maximum atomic E-state index is 12.4. The molecule has 0 heterocycles. The molecule has 112 valence electrons. The summed E-state index contributed by atoms with van der Waals surface area (Å²) in [6.07, 6.45) is 0.876. The number of benzene rings is 2. The summed E-state index contributed by atoms with van der Waals surface area (Å²) in [6, 6.07) is 14.3. The van der Waals surface area contributed by atoms with Crippen LogP contribution < -0.4 is 10.0 Å². The lowest BCUT2D eigenvalue weighted by Gasteiger charge is -2.10. The third-order valence-corrected chi connectivity index (χ3v) is 5.34. The average molecular weight is 416 g/mol. The van der Waals surface area contributed by atoms with Gasteiger partial charge in [0, 0.05) is 3.57 Å². The molecule has 4 nitrogen and oxygen atoms in total. The third-order valence-electron chi connectivity index (χ3n) is 3.02. The van der Waals surface area contributed by atoms with E-state index >= 15 is 0 Å². The molecule has 0 atom stereocenters. The number of para-hydroxylation sites is 1. The fraction of sp³-hybridized carbons (Fsp3) is 0.200. The van der Waals surface area contributed by atoms with Crippen LogP contribution in [-0.2, 0) is 16.4 Å². The highest BCUT2D eigenvalue weighted by Crippen LogP contribution is 2.21. The Kier molecular flexibility index (Phi) is 5.60. The van der Waals surface area contributed by atoms with Crippen molar-refractivity contribution in [2.45, 2.75) is 11.3 Å². The quantitative estimate of drug-likeness (QED) is 0.713. The molecule has 2 N–H and O–H groups in total. The molecular weight excluding hydrogens is 399 g/mol. The van der Waals surface area contributed by atoms with Crippen LogP contribution in [0.15, 0.2) is 53.4 Å². The van der Waals surface area contributed by atoms with Crippen LogP contribution in [0, 0.1) is 3.57 Å². The topological polar surface area (TPSA) is 58.2 Å². The van der Waals surface area contributed by atoms with Crippen LogP contribution in [0.1, 0.15) is 5.56 Å². The molecule has 2 aromatic rings. The summed E-state index contributed by atoms with van der Waals surface area (Å²) >= 11 is 2.11. The average Bonchev–Trinajstić information content (AvgIpc) is 2.48. The van der Waals surface area contributed by atoms with Gasteiger partial charge in [-0.3, -0.25) is 4.72 Å². The van der Waals surface area contributed by atoms with Gasteiger partial charge in [-0.1, -0.05) is 24.3 Å². The number of hydrogen-bond acceptors (Lipinski definition) is 3. The van der Waals surface area contributed by atoms with Crippen molar-refractivity contribution < 1.29 is 8.42 Å². The monoisotopic (exact) mass is 416 g/mol. The van der Waals surface area contributed by atoms with Gasteiger partial charge in [-0.25, -0.2) is 8.42 Å². The number of hydrogen-bond donors (Lipinski definition) is 2. The van der Waals surface area contributed by atoms with Gasteiger partial charge >= 0.3 is 0 Å². The minimum atomic E-state index is -3.54. The predicted octanol–water partition coefficient (Wildman–Crippen LogP) is 2.85. The molecule has 2 rings (SSSR count). The Bertz CT molecular complexity index is 700. The summed E-state index contributed by atoms with van der Waals surface area (Å²) in [5.74, 6) is 0. The number of nitrogens with one attached hydrogen (secondary N) is 2. The number of likely N-dealkylation sites (N-methyl/N-ethyl adjacent to an activating group) is 1. The zero-order valence-electron chi connectivity index (χ0n) is 11.6. The number of halogens is 1. The van der Waals surface area contributed by atoms with Crippen LogP contribution in [0.4, 0.5) is 5.69 Å². The van der Waals surface area contributed by atoms with Crippen molar-refractivity contribution in [1.82, 2.24) is 5.32 Å². The van der Waals surface area contributed by atoms with Gasteiger partial charge in [-0.2, -0.15) is 0 Å². The van der Waals surface area contributed by atoms with Crippen molar-refractivity contribution in [3.63, 3.8) is 0 Å². The highest BCUT2D eigenvalue weighted by molar-refractivity contribution is 14.1. The van der Waals surface area contributed by atoms with E-state index in [0.717, 1.165) is 22.1 Å². The van der Waals surface area contributed by atoms with E-state index in [1.165, 1.54) is 0 Å². The minimum Gasteiger partial charge on any atom is -0.319 e. The first-order chi connectivity index (χ1) is 10.0. The van der Waals surface area contributed by atoms with E-state index in [-0.39, 0.29) is 4.90 Å². The Labute approximate surface area is 139 Å². The van der Waals surface area contributed by atoms with Gasteiger partial charge < -0.3 is 5.32 Å². The summed E-state index contributed by atoms with van der Waals surface area (Å²) in [6.45, 7) is 0.868. The molecule has 2 aromatic carbocycles. The van der Waals surface area contributed by atoms with E-state index in [1.54, 1.807) is 24.3 Å². The van der Waals surface area contributed by atoms with Gasteiger partial charge in [0.1, 0.15) is 0 Å². The molecule has 0 aliphatic carbocycles. The van der Waals surface area contributed by atoms with Crippen LogP contribution in [0.25, 0.3) is 0 Å². The lowest BCUT2D eigenvalue weighted by molar-refractivity contribution is 0.601. The van der Waals surface area contributed by atoms with Crippen molar-refractivity contribution in [2.24, 2.45) is 0 Å². The van der Waals surface area contributed by atoms with Crippen LogP contribution in [0.3, 0.4) is 0 Å². The molecule has 0 unspecified atom stereocenters. The first-order valence-corrected chi connectivity index (χ1v) is 9.10. The molecule has 0 saturated heterocycles. The normalized spacial score (nSPS) is 11.3. The Morgan fingerprint density at radius 1 is 1.05 bits per heavy atom. The maximum absolute atomic E-state index is 12.4. The summed E-state index contributed by atoms with van der Waals surface area (Å²) in [5, 5.41) is 3.07. The molecule has 0 aromatic heterocycles. The SMILES string of the molecule is CNCCc1ccc(S(=O)(=O)Nc2ccccc2I)cc1. The van der Waals surface area contributed by atoms with Gasteiger partial charge in [-0.05, 0) is 72.4 Å². The lowest BCUT2D eigenvalue weighted by Crippen LogP contribution is -2.14. The molecule has 0 spiro atoms. The molecule has 0 radical (unpaired) electrons. The molecule has 0 aliphatic heterocycles. The second-order valence-electron chi connectivity index (χ2n) is 4.58. The molecule has 0 amide bonds. The number of rotatable bonds is 6. The second kappa shape index (κ2) is 7.24. The molecular formula is C15H17IN2O2S. The second-order valence-corrected chi connectivity index (χ2v) is 7.43. The highest BCUT2D eigenvalue weighted by atomic mass is 127. The van der Waals surface area contributed by atoms with Crippen molar-refractivity contribution in [3.05, 3.63) is 57.7 Å². The van der Waals surface area contributed by atoms with E-state index < -0.39 is 10.0 Å². The third kappa shape index (κ3) is 4.42. The van der Waals surface area contributed by atoms with E-state index in [4.69, 9.17) is 0 Å². The number of sulfonamides is 1. The fourth-order valence-electron chi connectivity index (χ4n) is 1.85. The minimum absolute atomic E-state index is 0.273. The largest absolute Gasteiger partial charge is 0.319 e. The molecule has 0 aliphatic rings. The summed E-state index contributed by atoms with van der Waals surface area (Å²) in [5.41, 5.74) is 1.70. The maximum Gasteiger partial charge on any atom is 0.261 e. The zero-order valence-corrected chi connectivity index (χ0v) is 14.6. The van der Waals surface area contributed by atoms with Gasteiger partial charge in [0.15, 0.2) is 0 Å². The Morgan fingerprint density at radius 3 is 2.33 bits per heavy atom. The van der Waals surface area contributed by atoms with Crippen LogP contribution in [-0.4, -0.2) is 22.0 Å². The van der Waals surface area contributed by atoms with Crippen LogP contribution in [0.5, 0.6) is 0 Å². The Hall–Kier alpha value is -1.12. The van der Waals surface area contributed by atoms with Crippen molar-refractivity contribution >= 4 is 38.3 Å². The molecule has 0 bridgehead atoms. The first kappa shape index (κ1) is 16.3. The van der Waals surface area contributed by atoms with Crippen molar-refractivity contribution in [3.8, 4) is 0 Å². The summed E-state index contributed by atoms with van der Waals surface area (Å²) in [7, 11) is -1.65. The van der Waals surface area contributed by atoms with E-state index in [0.29, 0.717) is 5.69 Å². The van der Waals surface area contributed by atoms with Gasteiger partial charge in [0.05, 0.1) is 10.6 Å². The molecule has 21 heavy (non-hydrogen) atoms. The van der Waals surface area contributed by atoms with Crippen molar-refractivity contribution in [2.75, 3.05) is 18.3 Å².